The number of hydrogen-bond donors (Lipinski definition) is 1. The van der Waals surface area contributed by atoms with E-state index in [1.54, 1.807) is 10.7 Å². The standard InChI is InChI=1S/C18H13BrN4O2/c1-10-15-16(13-7-8-14(19)24-13)12(9-20)17(21)25-18(15)23(22-10)11-5-3-2-4-6-11/h2-8,16H,21H2,1H3/t16-/m1/s1. The number of halogens is 1. The lowest BCUT2D eigenvalue weighted by molar-refractivity contribution is 0.359. The van der Waals surface area contributed by atoms with Crippen molar-refractivity contribution in [3.63, 3.8) is 0 Å². The van der Waals surface area contributed by atoms with Gasteiger partial charge in [0.25, 0.3) is 0 Å². The van der Waals surface area contributed by atoms with Gasteiger partial charge >= 0.3 is 0 Å². The van der Waals surface area contributed by atoms with Gasteiger partial charge in [0.2, 0.25) is 11.8 Å². The molecule has 0 fully saturated rings. The molecule has 3 heterocycles. The zero-order valence-corrected chi connectivity index (χ0v) is 14.8. The largest absolute Gasteiger partial charge is 0.453 e. The van der Waals surface area contributed by atoms with E-state index in [0.717, 1.165) is 16.9 Å². The molecule has 6 nitrogen and oxygen atoms in total. The molecule has 0 saturated heterocycles. The van der Waals surface area contributed by atoms with E-state index in [4.69, 9.17) is 14.9 Å². The number of hydrogen-bond acceptors (Lipinski definition) is 5. The van der Waals surface area contributed by atoms with Gasteiger partial charge in [-0.25, -0.2) is 4.68 Å². The summed E-state index contributed by atoms with van der Waals surface area (Å²) in [7, 11) is 0. The van der Waals surface area contributed by atoms with Gasteiger partial charge in [-0.15, -0.1) is 0 Å². The number of allylic oxidation sites excluding steroid dienone is 1. The topological polar surface area (TPSA) is 90.0 Å². The molecule has 7 heteroatoms. The zero-order valence-electron chi connectivity index (χ0n) is 13.2. The van der Waals surface area contributed by atoms with Crippen LogP contribution in [0.4, 0.5) is 0 Å². The summed E-state index contributed by atoms with van der Waals surface area (Å²) in [6.45, 7) is 1.88. The molecule has 0 aliphatic carbocycles. The third-order valence-electron chi connectivity index (χ3n) is 4.11. The van der Waals surface area contributed by atoms with Crippen molar-refractivity contribution in [3.05, 3.63) is 75.6 Å². The van der Waals surface area contributed by atoms with Crippen molar-refractivity contribution < 1.29 is 9.15 Å². The van der Waals surface area contributed by atoms with Crippen LogP contribution in [-0.2, 0) is 0 Å². The van der Waals surface area contributed by atoms with Crippen LogP contribution in [0.15, 0.2) is 63.0 Å². The number of para-hydroxylation sites is 1. The summed E-state index contributed by atoms with van der Waals surface area (Å²) in [6.07, 6.45) is 0. The van der Waals surface area contributed by atoms with Crippen molar-refractivity contribution in [2.24, 2.45) is 5.73 Å². The Hall–Kier alpha value is -2.98. The molecule has 0 amide bonds. The van der Waals surface area contributed by atoms with Crippen molar-refractivity contribution in [1.82, 2.24) is 9.78 Å². The molecule has 25 heavy (non-hydrogen) atoms. The first kappa shape index (κ1) is 15.5. The number of aromatic nitrogens is 2. The minimum absolute atomic E-state index is 0.0598. The Bertz CT molecular complexity index is 1030. The maximum Gasteiger partial charge on any atom is 0.229 e. The third-order valence-corrected chi connectivity index (χ3v) is 4.54. The van der Waals surface area contributed by atoms with Crippen molar-refractivity contribution >= 4 is 15.9 Å². The van der Waals surface area contributed by atoms with Gasteiger partial charge < -0.3 is 14.9 Å². The lowest BCUT2D eigenvalue weighted by Gasteiger charge is -2.23. The Morgan fingerprint density at radius 2 is 2.00 bits per heavy atom. The highest BCUT2D eigenvalue weighted by Gasteiger charge is 2.37. The highest BCUT2D eigenvalue weighted by Crippen LogP contribution is 2.45. The van der Waals surface area contributed by atoms with E-state index in [1.807, 2.05) is 43.3 Å². The molecule has 2 N–H and O–H groups in total. The van der Waals surface area contributed by atoms with Crippen LogP contribution < -0.4 is 10.5 Å². The first-order valence-corrected chi connectivity index (χ1v) is 8.37. The van der Waals surface area contributed by atoms with Crippen molar-refractivity contribution in [1.29, 1.82) is 5.26 Å². The molecule has 124 valence electrons. The van der Waals surface area contributed by atoms with Gasteiger partial charge in [0.15, 0.2) is 4.67 Å². The molecule has 0 unspecified atom stereocenters. The molecular weight excluding hydrogens is 384 g/mol. The molecule has 1 aromatic carbocycles. The first-order chi connectivity index (χ1) is 12.1. The number of fused-ring (bicyclic) bond motifs is 1. The fourth-order valence-electron chi connectivity index (χ4n) is 3.03. The summed E-state index contributed by atoms with van der Waals surface area (Å²) in [5.41, 5.74) is 8.71. The molecule has 3 aromatic rings. The SMILES string of the molecule is Cc1nn(-c2ccccc2)c2c1[C@@H](c1ccc(Br)o1)C(C#N)=C(N)O2. The number of rotatable bonds is 2. The molecule has 4 rings (SSSR count). The van der Waals surface area contributed by atoms with E-state index < -0.39 is 5.92 Å². The Balaban J connectivity index is 1.96. The summed E-state index contributed by atoms with van der Waals surface area (Å²) < 4.78 is 13.8. The number of benzene rings is 1. The molecule has 0 spiro atoms. The number of ether oxygens (including phenoxy) is 1. The first-order valence-electron chi connectivity index (χ1n) is 7.58. The second-order valence-corrected chi connectivity index (χ2v) is 6.40. The monoisotopic (exact) mass is 396 g/mol. The Morgan fingerprint density at radius 3 is 2.64 bits per heavy atom. The van der Waals surface area contributed by atoms with Crippen LogP contribution in [0.1, 0.15) is 22.9 Å². The van der Waals surface area contributed by atoms with Crippen LogP contribution in [0.3, 0.4) is 0 Å². The van der Waals surface area contributed by atoms with Crippen molar-refractivity contribution in [3.8, 4) is 17.6 Å². The molecule has 2 aromatic heterocycles. The summed E-state index contributed by atoms with van der Waals surface area (Å²) >= 11 is 3.31. The van der Waals surface area contributed by atoms with Crippen molar-refractivity contribution in [2.75, 3.05) is 0 Å². The molecule has 0 radical (unpaired) electrons. The second-order valence-electron chi connectivity index (χ2n) is 5.62. The molecule has 0 bridgehead atoms. The van der Waals surface area contributed by atoms with Crippen LogP contribution in [0, 0.1) is 18.3 Å². The molecule has 1 atom stereocenters. The molecule has 1 aliphatic heterocycles. The van der Waals surface area contributed by atoms with Gasteiger partial charge in [0.1, 0.15) is 17.4 Å². The summed E-state index contributed by atoms with van der Waals surface area (Å²) in [5, 5.41) is 14.2. The van der Waals surface area contributed by atoms with E-state index in [0.29, 0.717) is 21.9 Å². The zero-order chi connectivity index (χ0) is 17.6. The van der Waals surface area contributed by atoms with E-state index in [9.17, 15) is 5.26 Å². The predicted molar refractivity (Wildman–Crippen MR) is 94.0 cm³/mol. The summed E-state index contributed by atoms with van der Waals surface area (Å²) in [4.78, 5) is 0. The van der Waals surface area contributed by atoms with Crippen molar-refractivity contribution in [2.45, 2.75) is 12.8 Å². The van der Waals surface area contributed by atoms with Crippen LogP contribution in [0.25, 0.3) is 5.69 Å². The summed E-state index contributed by atoms with van der Waals surface area (Å²) in [6, 6.07) is 15.4. The van der Waals surface area contributed by atoms with Gasteiger partial charge in [0.05, 0.1) is 22.9 Å². The van der Waals surface area contributed by atoms with Gasteiger partial charge in [-0.1, -0.05) is 18.2 Å². The number of furan rings is 1. The van der Waals surface area contributed by atoms with E-state index in [-0.39, 0.29) is 5.88 Å². The quantitative estimate of drug-likeness (QED) is 0.711. The van der Waals surface area contributed by atoms with Gasteiger partial charge in [0, 0.05) is 0 Å². The lowest BCUT2D eigenvalue weighted by atomic mass is 9.88. The smallest absolute Gasteiger partial charge is 0.229 e. The minimum Gasteiger partial charge on any atom is -0.453 e. The fourth-order valence-corrected chi connectivity index (χ4v) is 3.35. The number of nitriles is 1. The number of nitrogens with two attached hydrogens (primary N) is 1. The van der Waals surface area contributed by atoms with E-state index in [1.165, 1.54) is 0 Å². The molecular formula is C18H13BrN4O2. The Kier molecular flexibility index (Phi) is 3.62. The second kappa shape index (κ2) is 5.83. The average Bonchev–Trinajstić information content (AvgIpc) is 3.18. The van der Waals surface area contributed by atoms with Crippen LogP contribution in [0.2, 0.25) is 0 Å². The van der Waals surface area contributed by atoms with E-state index >= 15 is 0 Å². The summed E-state index contributed by atoms with van der Waals surface area (Å²) in [5.74, 6) is 0.700. The van der Waals surface area contributed by atoms with Gasteiger partial charge in [-0.2, -0.15) is 10.4 Å². The van der Waals surface area contributed by atoms with Crippen LogP contribution in [0.5, 0.6) is 5.88 Å². The number of nitrogens with zero attached hydrogens (tertiary/aromatic N) is 3. The third kappa shape index (κ3) is 2.42. The fraction of sp³-hybridized carbons (Fsp3) is 0.111. The van der Waals surface area contributed by atoms with E-state index in [2.05, 4.69) is 27.1 Å². The maximum absolute atomic E-state index is 9.59. The maximum atomic E-state index is 9.59. The lowest BCUT2D eigenvalue weighted by Crippen LogP contribution is -2.21. The van der Waals surface area contributed by atoms with Gasteiger partial charge in [-0.05, 0) is 47.1 Å². The highest BCUT2D eigenvalue weighted by atomic mass is 79.9. The molecule has 0 saturated carbocycles. The minimum atomic E-state index is -0.461. The van der Waals surface area contributed by atoms with Crippen LogP contribution >= 0.6 is 15.9 Å². The Morgan fingerprint density at radius 1 is 1.24 bits per heavy atom. The molecule has 1 aliphatic rings. The average molecular weight is 397 g/mol. The highest BCUT2D eigenvalue weighted by molar-refractivity contribution is 9.10. The van der Waals surface area contributed by atoms with Crippen LogP contribution in [-0.4, -0.2) is 9.78 Å². The normalized spacial score (nSPS) is 16.3. The number of aryl methyl sites for hydroxylation is 1. The predicted octanol–water partition coefficient (Wildman–Crippen LogP) is 3.75. The van der Waals surface area contributed by atoms with Gasteiger partial charge in [-0.3, -0.25) is 0 Å². The Labute approximate surface area is 152 Å².